The molecule has 1 fully saturated rings. The minimum Gasteiger partial charge on any atom is -0.378 e. The van der Waals surface area contributed by atoms with E-state index in [-0.39, 0.29) is 0 Å². The highest BCUT2D eigenvalue weighted by Gasteiger charge is 2.25. The zero-order valence-electron chi connectivity index (χ0n) is 9.01. The molecule has 3 heteroatoms. The quantitative estimate of drug-likeness (QED) is 0.408. The molecule has 2 nitrogen and oxygen atoms in total. The molecule has 1 rings (SSSR count). The van der Waals surface area contributed by atoms with Crippen LogP contribution in [0.4, 0.5) is 0 Å². The topological polar surface area (TPSA) is 18.5 Å². The number of unbranched alkanes of at least 4 members (excludes halogenated alkanes) is 4. The lowest BCUT2D eigenvalue weighted by molar-refractivity contribution is 0.0433. The van der Waals surface area contributed by atoms with Gasteiger partial charge in [-0.2, -0.15) is 0 Å². The number of hydrogen-bond acceptors (Lipinski definition) is 2. The Morgan fingerprint density at radius 1 is 1.21 bits per heavy atom. The molecule has 1 heterocycles. The van der Waals surface area contributed by atoms with E-state index in [9.17, 15) is 0 Å². The summed E-state index contributed by atoms with van der Waals surface area (Å²) >= 11 is 2.42. The van der Waals surface area contributed by atoms with E-state index in [0.717, 1.165) is 19.8 Å². The second-order valence-electron chi connectivity index (χ2n) is 3.88. The largest absolute Gasteiger partial charge is 0.378 e. The highest BCUT2D eigenvalue weighted by atomic mass is 127. The van der Waals surface area contributed by atoms with Crippen LogP contribution in [0.25, 0.3) is 0 Å². The Kier molecular flexibility index (Phi) is 7.16. The third-order valence-electron chi connectivity index (χ3n) is 2.54. The zero-order valence-corrected chi connectivity index (χ0v) is 11.2. The SMILES string of the molecule is CCCCCCCOC1COCC1I. The standard InChI is InChI=1S/C11H21IO2/c1-2-3-4-5-6-7-14-11-9-13-8-10(11)12/h10-11H,2-9H2,1H3. The zero-order chi connectivity index (χ0) is 10.2. The fourth-order valence-electron chi connectivity index (χ4n) is 1.60. The average Bonchev–Trinajstić information content (AvgIpc) is 2.58. The van der Waals surface area contributed by atoms with Gasteiger partial charge in [-0.05, 0) is 6.42 Å². The van der Waals surface area contributed by atoms with Crippen molar-refractivity contribution in [2.45, 2.75) is 49.1 Å². The van der Waals surface area contributed by atoms with Crippen LogP contribution in [0.3, 0.4) is 0 Å². The Labute approximate surface area is 101 Å². The number of alkyl halides is 1. The molecule has 14 heavy (non-hydrogen) atoms. The van der Waals surface area contributed by atoms with Gasteiger partial charge < -0.3 is 9.47 Å². The van der Waals surface area contributed by atoms with E-state index < -0.39 is 0 Å². The molecule has 0 aromatic rings. The summed E-state index contributed by atoms with van der Waals surface area (Å²) < 4.78 is 11.7. The lowest BCUT2D eigenvalue weighted by Gasteiger charge is -2.12. The highest BCUT2D eigenvalue weighted by Crippen LogP contribution is 2.18. The molecule has 1 aliphatic heterocycles. The van der Waals surface area contributed by atoms with Gasteiger partial charge in [0.2, 0.25) is 0 Å². The summed E-state index contributed by atoms with van der Waals surface area (Å²) in [5.74, 6) is 0. The molecule has 0 aliphatic carbocycles. The van der Waals surface area contributed by atoms with Crippen molar-refractivity contribution in [1.82, 2.24) is 0 Å². The van der Waals surface area contributed by atoms with Gasteiger partial charge in [0.1, 0.15) is 0 Å². The van der Waals surface area contributed by atoms with Gasteiger partial charge in [-0.3, -0.25) is 0 Å². The van der Waals surface area contributed by atoms with Gasteiger partial charge in [0.15, 0.2) is 0 Å². The fraction of sp³-hybridized carbons (Fsp3) is 1.00. The molecule has 0 spiro atoms. The number of hydrogen-bond donors (Lipinski definition) is 0. The second-order valence-corrected chi connectivity index (χ2v) is 5.48. The van der Waals surface area contributed by atoms with E-state index in [1.54, 1.807) is 0 Å². The molecule has 2 atom stereocenters. The monoisotopic (exact) mass is 312 g/mol. The van der Waals surface area contributed by atoms with Crippen molar-refractivity contribution < 1.29 is 9.47 Å². The number of halogens is 1. The van der Waals surface area contributed by atoms with Crippen molar-refractivity contribution in [3.05, 3.63) is 0 Å². The van der Waals surface area contributed by atoms with Gasteiger partial charge in [-0.25, -0.2) is 0 Å². The van der Waals surface area contributed by atoms with Crippen LogP contribution >= 0.6 is 22.6 Å². The summed E-state index contributed by atoms with van der Waals surface area (Å²) in [6.07, 6.45) is 6.90. The predicted octanol–water partition coefficient (Wildman–Crippen LogP) is 3.18. The highest BCUT2D eigenvalue weighted by molar-refractivity contribution is 14.1. The summed E-state index contributed by atoms with van der Waals surface area (Å²) in [5, 5.41) is 0. The van der Waals surface area contributed by atoms with Crippen LogP contribution in [0.15, 0.2) is 0 Å². The molecule has 0 aromatic heterocycles. The van der Waals surface area contributed by atoms with E-state index in [1.165, 1.54) is 32.1 Å². The Bertz CT molecular complexity index is 141. The average molecular weight is 312 g/mol. The van der Waals surface area contributed by atoms with Crippen LogP contribution in [0, 0.1) is 0 Å². The molecule has 0 saturated carbocycles. The van der Waals surface area contributed by atoms with Crippen molar-refractivity contribution in [2.75, 3.05) is 19.8 Å². The first-order valence-corrected chi connectivity index (χ1v) is 6.92. The lowest BCUT2D eigenvalue weighted by atomic mass is 10.2. The first-order valence-electron chi connectivity index (χ1n) is 5.68. The summed E-state index contributed by atoms with van der Waals surface area (Å²) in [6.45, 7) is 4.81. The van der Waals surface area contributed by atoms with Gasteiger partial charge in [0.25, 0.3) is 0 Å². The Morgan fingerprint density at radius 2 is 2.00 bits per heavy atom. The van der Waals surface area contributed by atoms with Gasteiger partial charge in [-0.1, -0.05) is 55.2 Å². The van der Waals surface area contributed by atoms with Crippen molar-refractivity contribution in [3.63, 3.8) is 0 Å². The Hall–Kier alpha value is 0.650. The third-order valence-corrected chi connectivity index (χ3v) is 3.70. The van der Waals surface area contributed by atoms with Gasteiger partial charge in [0, 0.05) is 6.61 Å². The summed E-state index contributed by atoms with van der Waals surface area (Å²) in [4.78, 5) is 0. The normalized spacial score (nSPS) is 27.0. The van der Waals surface area contributed by atoms with E-state index in [4.69, 9.17) is 9.47 Å². The van der Waals surface area contributed by atoms with E-state index >= 15 is 0 Å². The van der Waals surface area contributed by atoms with E-state index in [1.807, 2.05) is 0 Å². The van der Waals surface area contributed by atoms with Crippen molar-refractivity contribution >= 4 is 22.6 Å². The minimum atomic E-state index is 0.349. The van der Waals surface area contributed by atoms with Crippen LogP contribution in [-0.4, -0.2) is 29.8 Å². The smallest absolute Gasteiger partial charge is 0.0948 e. The van der Waals surface area contributed by atoms with E-state index in [2.05, 4.69) is 29.5 Å². The molecule has 0 bridgehead atoms. The van der Waals surface area contributed by atoms with Crippen LogP contribution in [-0.2, 0) is 9.47 Å². The maximum Gasteiger partial charge on any atom is 0.0948 e. The molecule has 0 aromatic carbocycles. The molecular formula is C11H21IO2. The number of rotatable bonds is 7. The summed E-state index contributed by atoms with van der Waals surface area (Å²) in [7, 11) is 0. The van der Waals surface area contributed by atoms with Gasteiger partial charge in [0.05, 0.1) is 23.2 Å². The molecular weight excluding hydrogens is 291 g/mol. The first-order chi connectivity index (χ1) is 6.84. The summed E-state index contributed by atoms with van der Waals surface area (Å²) in [6, 6.07) is 0. The van der Waals surface area contributed by atoms with Crippen molar-refractivity contribution in [1.29, 1.82) is 0 Å². The molecule has 1 saturated heterocycles. The lowest BCUT2D eigenvalue weighted by Crippen LogP contribution is -2.22. The number of ether oxygens (including phenoxy) is 2. The molecule has 2 unspecified atom stereocenters. The predicted molar refractivity (Wildman–Crippen MR) is 67.1 cm³/mol. The molecule has 84 valence electrons. The minimum absolute atomic E-state index is 0.349. The first kappa shape index (κ1) is 12.7. The van der Waals surface area contributed by atoms with Crippen molar-refractivity contribution in [3.8, 4) is 0 Å². The Morgan fingerprint density at radius 3 is 2.64 bits per heavy atom. The molecule has 0 amide bonds. The van der Waals surface area contributed by atoms with Gasteiger partial charge >= 0.3 is 0 Å². The maximum atomic E-state index is 5.76. The summed E-state index contributed by atoms with van der Waals surface area (Å²) in [5.41, 5.74) is 0. The third kappa shape index (κ3) is 4.94. The molecule has 0 N–H and O–H groups in total. The van der Waals surface area contributed by atoms with E-state index in [0.29, 0.717) is 10.0 Å². The van der Waals surface area contributed by atoms with Crippen LogP contribution in [0.2, 0.25) is 0 Å². The molecule has 0 radical (unpaired) electrons. The second kappa shape index (κ2) is 7.88. The fourth-order valence-corrected chi connectivity index (χ4v) is 2.27. The van der Waals surface area contributed by atoms with Gasteiger partial charge in [-0.15, -0.1) is 0 Å². The van der Waals surface area contributed by atoms with Crippen LogP contribution in [0.5, 0.6) is 0 Å². The molecule has 1 aliphatic rings. The maximum absolute atomic E-state index is 5.76. The Balaban J connectivity index is 1.88. The van der Waals surface area contributed by atoms with Crippen LogP contribution in [0.1, 0.15) is 39.0 Å². The van der Waals surface area contributed by atoms with Crippen molar-refractivity contribution in [2.24, 2.45) is 0 Å². The van der Waals surface area contributed by atoms with Crippen LogP contribution < -0.4 is 0 Å².